The highest BCUT2D eigenvalue weighted by atomic mass is 35.5. The fraction of sp³-hybridized carbons (Fsp3) is 0.250. The highest BCUT2D eigenvalue weighted by Crippen LogP contribution is 2.33. The third-order valence-electron chi connectivity index (χ3n) is 3.01. The van der Waals surface area contributed by atoms with E-state index in [2.05, 4.69) is 31.2 Å². The zero-order valence-electron chi connectivity index (χ0n) is 11.0. The second kappa shape index (κ2) is 6.99. The van der Waals surface area contributed by atoms with Crippen LogP contribution in [-0.2, 0) is 6.42 Å². The highest BCUT2D eigenvalue weighted by molar-refractivity contribution is 7.99. The van der Waals surface area contributed by atoms with Crippen molar-refractivity contribution in [2.45, 2.75) is 35.6 Å². The number of nitrogens with two attached hydrogens (primary N) is 1. The topological polar surface area (TPSA) is 26.0 Å². The standard InChI is InChI=1S/C16H18ClNS/c1-2-13(18)11-12-7-9-14(10-8-12)19-16-6-4-3-5-15(16)17/h3-10,13H,2,11,18H2,1H3. The minimum atomic E-state index is 0.252. The molecule has 0 amide bonds. The first-order valence-electron chi connectivity index (χ1n) is 6.46. The van der Waals surface area contributed by atoms with Crippen LogP contribution in [0.2, 0.25) is 5.02 Å². The van der Waals surface area contributed by atoms with E-state index in [0.717, 1.165) is 22.8 Å². The van der Waals surface area contributed by atoms with Gasteiger partial charge in [-0.25, -0.2) is 0 Å². The van der Waals surface area contributed by atoms with Gasteiger partial charge in [-0.2, -0.15) is 0 Å². The van der Waals surface area contributed by atoms with Crippen LogP contribution in [0.1, 0.15) is 18.9 Å². The Balaban J connectivity index is 2.05. The largest absolute Gasteiger partial charge is 0.327 e. The Labute approximate surface area is 124 Å². The lowest BCUT2D eigenvalue weighted by molar-refractivity contribution is 0.646. The number of hydrogen-bond acceptors (Lipinski definition) is 2. The van der Waals surface area contributed by atoms with Gasteiger partial charge < -0.3 is 5.73 Å². The lowest BCUT2D eigenvalue weighted by atomic mass is 10.1. The summed E-state index contributed by atoms with van der Waals surface area (Å²) in [5, 5.41) is 0.796. The molecule has 2 aromatic rings. The number of halogens is 1. The molecule has 3 heteroatoms. The Hall–Kier alpha value is -0.960. The van der Waals surface area contributed by atoms with Crippen molar-refractivity contribution in [3.05, 3.63) is 59.1 Å². The zero-order valence-corrected chi connectivity index (χ0v) is 12.5. The quantitative estimate of drug-likeness (QED) is 0.858. The van der Waals surface area contributed by atoms with Gasteiger partial charge in [0.25, 0.3) is 0 Å². The summed E-state index contributed by atoms with van der Waals surface area (Å²) >= 11 is 7.84. The first kappa shape index (κ1) is 14.4. The SMILES string of the molecule is CCC(N)Cc1ccc(Sc2ccccc2Cl)cc1. The molecule has 1 atom stereocenters. The van der Waals surface area contributed by atoms with Gasteiger partial charge in [0.1, 0.15) is 0 Å². The summed E-state index contributed by atoms with van der Waals surface area (Å²) in [4.78, 5) is 2.28. The monoisotopic (exact) mass is 291 g/mol. The van der Waals surface area contributed by atoms with Crippen molar-refractivity contribution in [2.75, 3.05) is 0 Å². The first-order chi connectivity index (χ1) is 9.19. The smallest absolute Gasteiger partial charge is 0.0545 e. The van der Waals surface area contributed by atoms with Gasteiger partial charge in [0, 0.05) is 15.8 Å². The van der Waals surface area contributed by atoms with Gasteiger partial charge in [0.2, 0.25) is 0 Å². The van der Waals surface area contributed by atoms with Gasteiger partial charge in [0.15, 0.2) is 0 Å². The van der Waals surface area contributed by atoms with Gasteiger partial charge in [-0.05, 0) is 42.7 Å². The molecule has 100 valence electrons. The Morgan fingerprint density at radius 1 is 1.11 bits per heavy atom. The Morgan fingerprint density at radius 2 is 1.79 bits per heavy atom. The summed E-state index contributed by atoms with van der Waals surface area (Å²) in [7, 11) is 0. The van der Waals surface area contributed by atoms with Gasteiger partial charge in [-0.1, -0.05) is 54.6 Å². The molecule has 1 unspecified atom stereocenters. The van der Waals surface area contributed by atoms with Crippen molar-refractivity contribution < 1.29 is 0 Å². The highest BCUT2D eigenvalue weighted by Gasteiger charge is 2.04. The van der Waals surface area contributed by atoms with Crippen LogP contribution in [0.4, 0.5) is 0 Å². The van der Waals surface area contributed by atoms with E-state index in [4.69, 9.17) is 17.3 Å². The van der Waals surface area contributed by atoms with Crippen LogP contribution in [-0.4, -0.2) is 6.04 Å². The summed E-state index contributed by atoms with van der Waals surface area (Å²) < 4.78 is 0. The lowest BCUT2D eigenvalue weighted by Gasteiger charge is -2.09. The first-order valence-corrected chi connectivity index (χ1v) is 7.65. The van der Waals surface area contributed by atoms with Crippen LogP contribution in [0, 0.1) is 0 Å². The molecular formula is C16H18ClNS. The molecule has 0 saturated heterocycles. The van der Waals surface area contributed by atoms with Crippen LogP contribution >= 0.6 is 23.4 Å². The summed E-state index contributed by atoms with van der Waals surface area (Å²) in [5.74, 6) is 0. The van der Waals surface area contributed by atoms with Gasteiger partial charge in [0.05, 0.1) is 5.02 Å². The predicted molar refractivity (Wildman–Crippen MR) is 84.0 cm³/mol. The van der Waals surface area contributed by atoms with E-state index in [1.165, 1.54) is 10.5 Å². The van der Waals surface area contributed by atoms with Crippen molar-refractivity contribution in [2.24, 2.45) is 5.73 Å². The third-order valence-corrected chi connectivity index (χ3v) is 4.54. The fourth-order valence-corrected chi connectivity index (χ4v) is 2.88. The van der Waals surface area contributed by atoms with Crippen molar-refractivity contribution in [3.63, 3.8) is 0 Å². The van der Waals surface area contributed by atoms with Crippen molar-refractivity contribution in [3.8, 4) is 0 Å². The van der Waals surface area contributed by atoms with Crippen LogP contribution in [0.15, 0.2) is 58.3 Å². The molecule has 1 nitrogen and oxygen atoms in total. The van der Waals surface area contributed by atoms with Crippen molar-refractivity contribution >= 4 is 23.4 Å². The molecule has 0 aliphatic carbocycles. The maximum atomic E-state index is 6.16. The fourth-order valence-electron chi connectivity index (χ4n) is 1.80. The van der Waals surface area contributed by atoms with Crippen LogP contribution in [0.5, 0.6) is 0 Å². The number of rotatable bonds is 5. The molecule has 0 heterocycles. The predicted octanol–water partition coefficient (Wildman–Crippen LogP) is 4.77. The Morgan fingerprint density at radius 3 is 2.42 bits per heavy atom. The minimum Gasteiger partial charge on any atom is -0.327 e. The maximum absolute atomic E-state index is 6.16. The maximum Gasteiger partial charge on any atom is 0.0545 e. The molecule has 0 saturated carbocycles. The van der Waals surface area contributed by atoms with E-state index in [1.807, 2.05) is 24.3 Å². The summed E-state index contributed by atoms with van der Waals surface area (Å²) in [5.41, 5.74) is 7.25. The zero-order chi connectivity index (χ0) is 13.7. The summed E-state index contributed by atoms with van der Waals surface area (Å²) in [6.45, 7) is 2.12. The van der Waals surface area contributed by atoms with Gasteiger partial charge in [-0.3, -0.25) is 0 Å². The molecular weight excluding hydrogens is 274 g/mol. The third kappa shape index (κ3) is 4.27. The average molecular weight is 292 g/mol. The molecule has 2 rings (SSSR count). The molecule has 2 aromatic carbocycles. The molecule has 0 aromatic heterocycles. The van der Waals surface area contributed by atoms with Crippen LogP contribution in [0.25, 0.3) is 0 Å². The second-order valence-electron chi connectivity index (χ2n) is 4.55. The molecule has 0 fully saturated rings. The summed E-state index contributed by atoms with van der Waals surface area (Å²) in [6.07, 6.45) is 1.95. The molecule has 0 aliphatic rings. The van der Waals surface area contributed by atoms with E-state index in [0.29, 0.717) is 0 Å². The van der Waals surface area contributed by atoms with E-state index < -0.39 is 0 Å². The molecule has 2 N–H and O–H groups in total. The molecule has 0 aliphatic heterocycles. The van der Waals surface area contributed by atoms with Crippen LogP contribution in [0.3, 0.4) is 0 Å². The molecule has 0 spiro atoms. The molecule has 0 radical (unpaired) electrons. The Kier molecular flexibility index (Phi) is 5.32. The lowest BCUT2D eigenvalue weighted by Crippen LogP contribution is -2.21. The van der Waals surface area contributed by atoms with E-state index in [9.17, 15) is 0 Å². The summed E-state index contributed by atoms with van der Waals surface area (Å²) in [6, 6.07) is 16.7. The normalized spacial score (nSPS) is 12.4. The van der Waals surface area contributed by atoms with E-state index in [1.54, 1.807) is 11.8 Å². The number of benzene rings is 2. The van der Waals surface area contributed by atoms with Crippen molar-refractivity contribution in [1.82, 2.24) is 0 Å². The number of hydrogen-bond donors (Lipinski definition) is 1. The van der Waals surface area contributed by atoms with Crippen molar-refractivity contribution in [1.29, 1.82) is 0 Å². The Bertz CT molecular complexity index is 525. The molecule has 19 heavy (non-hydrogen) atoms. The van der Waals surface area contributed by atoms with Crippen LogP contribution < -0.4 is 5.73 Å². The molecule has 0 bridgehead atoms. The van der Waals surface area contributed by atoms with E-state index in [-0.39, 0.29) is 6.04 Å². The van der Waals surface area contributed by atoms with Gasteiger partial charge >= 0.3 is 0 Å². The van der Waals surface area contributed by atoms with E-state index >= 15 is 0 Å². The van der Waals surface area contributed by atoms with Gasteiger partial charge in [-0.15, -0.1) is 0 Å². The average Bonchev–Trinajstić information content (AvgIpc) is 2.43. The second-order valence-corrected chi connectivity index (χ2v) is 6.07. The minimum absolute atomic E-state index is 0.252.